The first-order valence-corrected chi connectivity index (χ1v) is 4.95. The molecule has 2 rings (SSSR count). The Morgan fingerprint density at radius 2 is 2.08 bits per heavy atom. The molecule has 0 heterocycles. The molecule has 1 aliphatic rings. The van der Waals surface area contributed by atoms with Gasteiger partial charge in [0.2, 0.25) is 0 Å². The maximum Gasteiger partial charge on any atom is 0.0172 e. The molecule has 2 atom stereocenters. The zero-order valence-electron chi connectivity index (χ0n) is 8.38. The smallest absolute Gasteiger partial charge is 0.0172 e. The first-order valence-electron chi connectivity index (χ1n) is 4.95. The van der Waals surface area contributed by atoms with E-state index in [4.69, 9.17) is 5.73 Å². The summed E-state index contributed by atoms with van der Waals surface area (Å²) in [6.07, 6.45) is 2.12. The topological polar surface area (TPSA) is 26.0 Å². The molecule has 70 valence electrons. The van der Waals surface area contributed by atoms with Crippen LogP contribution in [0, 0.1) is 0 Å². The van der Waals surface area contributed by atoms with Gasteiger partial charge in [0, 0.05) is 5.54 Å². The van der Waals surface area contributed by atoms with Crippen LogP contribution in [0.5, 0.6) is 0 Å². The average Bonchev–Trinajstić information content (AvgIpc) is 2.02. The molecule has 13 heavy (non-hydrogen) atoms. The predicted molar refractivity (Wildman–Crippen MR) is 55.8 cm³/mol. The van der Waals surface area contributed by atoms with E-state index in [-0.39, 0.29) is 5.54 Å². The third kappa shape index (κ3) is 1.61. The van der Waals surface area contributed by atoms with Crippen molar-refractivity contribution in [1.29, 1.82) is 0 Å². The lowest BCUT2D eigenvalue weighted by atomic mass is 9.74. The highest BCUT2D eigenvalue weighted by Crippen LogP contribution is 2.35. The van der Waals surface area contributed by atoms with E-state index < -0.39 is 0 Å². The Kier molecular flexibility index (Phi) is 1.92. The van der Waals surface area contributed by atoms with Gasteiger partial charge in [-0.25, -0.2) is 0 Å². The third-order valence-corrected chi connectivity index (χ3v) is 2.95. The van der Waals surface area contributed by atoms with Crippen molar-refractivity contribution in [2.75, 3.05) is 0 Å². The van der Waals surface area contributed by atoms with Crippen LogP contribution >= 0.6 is 0 Å². The van der Waals surface area contributed by atoms with Gasteiger partial charge >= 0.3 is 0 Å². The van der Waals surface area contributed by atoms with Gasteiger partial charge in [0.25, 0.3) is 0 Å². The standard InChI is InChI=1S/C12H17N/c1-9-7-12(2,13)8-10-5-3-4-6-11(9)10/h3-6,9H,7-8,13H2,1-2H3. The van der Waals surface area contributed by atoms with Gasteiger partial charge in [-0.2, -0.15) is 0 Å². The summed E-state index contributed by atoms with van der Waals surface area (Å²) in [6.45, 7) is 4.42. The summed E-state index contributed by atoms with van der Waals surface area (Å²) in [7, 11) is 0. The van der Waals surface area contributed by atoms with Gasteiger partial charge in [0.15, 0.2) is 0 Å². The minimum Gasteiger partial charge on any atom is -0.325 e. The van der Waals surface area contributed by atoms with Gasteiger partial charge in [-0.05, 0) is 36.8 Å². The molecule has 0 spiro atoms. The fourth-order valence-corrected chi connectivity index (χ4v) is 2.49. The summed E-state index contributed by atoms with van der Waals surface area (Å²) >= 11 is 0. The minimum absolute atomic E-state index is 0.00618. The van der Waals surface area contributed by atoms with Crippen LogP contribution < -0.4 is 5.73 Å². The van der Waals surface area contributed by atoms with Crippen molar-refractivity contribution in [1.82, 2.24) is 0 Å². The van der Waals surface area contributed by atoms with Crippen LogP contribution in [0.1, 0.15) is 37.3 Å². The second-order valence-electron chi connectivity index (χ2n) is 4.63. The molecule has 1 aromatic rings. The van der Waals surface area contributed by atoms with E-state index in [2.05, 4.69) is 38.1 Å². The largest absolute Gasteiger partial charge is 0.325 e. The van der Waals surface area contributed by atoms with Crippen molar-refractivity contribution in [3.8, 4) is 0 Å². The molecule has 2 N–H and O–H groups in total. The van der Waals surface area contributed by atoms with Crippen LogP contribution in [0.15, 0.2) is 24.3 Å². The molecule has 0 bridgehead atoms. The second-order valence-corrected chi connectivity index (χ2v) is 4.63. The van der Waals surface area contributed by atoms with Crippen molar-refractivity contribution in [2.24, 2.45) is 5.73 Å². The Bertz CT molecular complexity index is 315. The minimum atomic E-state index is -0.00618. The highest BCUT2D eigenvalue weighted by Gasteiger charge is 2.29. The van der Waals surface area contributed by atoms with Gasteiger partial charge in [-0.15, -0.1) is 0 Å². The van der Waals surface area contributed by atoms with Crippen molar-refractivity contribution in [3.05, 3.63) is 35.4 Å². The molecular weight excluding hydrogens is 158 g/mol. The lowest BCUT2D eigenvalue weighted by Gasteiger charge is -2.35. The summed E-state index contributed by atoms with van der Waals surface area (Å²) < 4.78 is 0. The van der Waals surface area contributed by atoms with Crippen molar-refractivity contribution in [3.63, 3.8) is 0 Å². The molecule has 0 fully saturated rings. The van der Waals surface area contributed by atoms with Crippen LogP contribution in [0.3, 0.4) is 0 Å². The van der Waals surface area contributed by atoms with Gasteiger partial charge in [0.05, 0.1) is 0 Å². The van der Waals surface area contributed by atoms with Crippen molar-refractivity contribution in [2.45, 2.75) is 38.1 Å². The van der Waals surface area contributed by atoms with Gasteiger partial charge in [-0.1, -0.05) is 31.2 Å². The maximum absolute atomic E-state index is 6.18. The second kappa shape index (κ2) is 2.85. The molecule has 1 heteroatoms. The Labute approximate surface area is 80.0 Å². The average molecular weight is 175 g/mol. The molecule has 0 radical (unpaired) electrons. The van der Waals surface area contributed by atoms with Gasteiger partial charge in [-0.3, -0.25) is 0 Å². The van der Waals surface area contributed by atoms with Crippen LogP contribution in [0.25, 0.3) is 0 Å². The van der Waals surface area contributed by atoms with E-state index in [0.717, 1.165) is 12.8 Å². The molecular formula is C12H17N. The fraction of sp³-hybridized carbons (Fsp3) is 0.500. The number of nitrogens with two attached hydrogens (primary N) is 1. The van der Waals surface area contributed by atoms with E-state index in [1.807, 2.05) is 0 Å². The van der Waals surface area contributed by atoms with Crippen molar-refractivity contribution >= 4 is 0 Å². The highest BCUT2D eigenvalue weighted by molar-refractivity contribution is 5.34. The number of hydrogen-bond acceptors (Lipinski definition) is 1. The summed E-state index contributed by atoms with van der Waals surface area (Å²) in [6, 6.07) is 8.66. The predicted octanol–water partition coefficient (Wildman–Crippen LogP) is 2.45. The Hall–Kier alpha value is -0.820. The molecule has 0 aliphatic heterocycles. The first kappa shape index (κ1) is 8.76. The molecule has 2 unspecified atom stereocenters. The molecule has 1 aliphatic carbocycles. The molecule has 1 aromatic carbocycles. The molecule has 0 saturated heterocycles. The van der Waals surface area contributed by atoms with Gasteiger partial charge < -0.3 is 5.73 Å². The number of benzene rings is 1. The normalized spacial score (nSPS) is 32.7. The van der Waals surface area contributed by atoms with E-state index in [0.29, 0.717) is 5.92 Å². The molecule has 0 saturated carbocycles. The van der Waals surface area contributed by atoms with E-state index in [1.54, 1.807) is 0 Å². The monoisotopic (exact) mass is 175 g/mol. The quantitative estimate of drug-likeness (QED) is 0.644. The highest BCUT2D eigenvalue weighted by atomic mass is 14.7. The third-order valence-electron chi connectivity index (χ3n) is 2.95. The zero-order chi connectivity index (χ0) is 9.47. The maximum atomic E-state index is 6.18. The summed E-state index contributed by atoms with van der Waals surface area (Å²) in [5, 5.41) is 0. The van der Waals surface area contributed by atoms with Crippen LogP contribution in [-0.4, -0.2) is 5.54 Å². The summed E-state index contributed by atoms with van der Waals surface area (Å²) in [4.78, 5) is 0. The Balaban J connectivity index is 2.43. The van der Waals surface area contributed by atoms with Crippen LogP contribution in [-0.2, 0) is 6.42 Å². The fourth-order valence-electron chi connectivity index (χ4n) is 2.49. The van der Waals surface area contributed by atoms with E-state index in [9.17, 15) is 0 Å². The SMILES string of the molecule is CC1CC(C)(N)Cc2ccccc21. The molecule has 0 amide bonds. The first-order chi connectivity index (χ1) is 6.08. The number of hydrogen-bond donors (Lipinski definition) is 1. The van der Waals surface area contributed by atoms with E-state index in [1.165, 1.54) is 11.1 Å². The Morgan fingerprint density at radius 3 is 2.85 bits per heavy atom. The summed E-state index contributed by atoms with van der Waals surface area (Å²) in [5.41, 5.74) is 9.10. The number of rotatable bonds is 0. The van der Waals surface area contributed by atoms with E-state index >= 15 is 0 Å². The van der Waals surface area contributed by atoms with Crippen LogP contribution in [0.4, 0.5) is 0 Å². The molecule has 0 aromatic heterocycles. The zero-order valence-corrected chi connectivity index (χ0v) is 8.38. The lowest BCUT2D eigenvalue weighted by Crippen LogP contribution is -2.42. The lowest BCUT2D eigenvalue weighted by molar-refractivity contribution is 0.374. The molecule has 1 nitrogen and oxygen atoms in total. The number of fused-ring (bicyclic) bond motifs is 1. The van der Waals surface area contributed by atoms with Crippen molar-refractivity contribution < 1.29 is 0 Å². The van der Waals surface area contributed by atoms with Crippen LogP contribution in [0.2, 0.25) is 0 Å². The summed E-state index contributed by atoms with van der Waals surface area (Å²) in [5.74, 6) is 0.611. The Morgan fingerprint density at radius 1 is 1.38 bits per heavy atom. The van der Waals surface area contributed by atoms with Gasteiger partial charge in [0.1, 0.15) is 0 Å².